The number of rotatable bonds is 6. The highest BCUT2D eigenvalue weighted by atomic mass is 16.2. The minimum absolute atomic E-state index is 0.0815. The van der Waals surface area contributed by atoms with E-state index in [0.29, 0.717) is 12.1 Å². The molecular formula is C16H31N3O. The zero-order valence-electron chi connectivity index (χ0n) is 13.2. The lowest BCUT2D eigenvalue weighted by molar-refractivity contribution is -0.123. The number of amides is 1. The minimum atomic E-state index is -0.0815. The van der Waals surface area contributed by atoms with Crippen molar-refractivity contribution in [1.29, 1.82) is 0 Å². The van der Waals surface area contributed by atoms with E-state index in [9.17, 15) is 4.79 Å². The highest BCUT2D eigenvalue weighted by Crippen LogP contribution is 2.17. The normalized spacial score (nSPS) is 24.5. The zero-order chi connectivity index (χ0) is 14.4. The molecule has 116 valence electrons. The topological polar surface area (TPSA) is 44.4 Å². The SMILES string of the molecule is CC(NCC(C)N1CCCC1)C(=O)NC1CCCCC1. The summed E-state index contributed by atoms with van der Waals surface area (Å²) in [6.07, 6.45) is 8.81. The first-order chi connectivity index (χ1) is 9.66. The second-order valence-corrected chi connectivity index (χ2v) is 6.57. The van der Waals surface area contributed by atoms with Gasteiger partial charge in [-0.25, -0.2) is 0 Å². The van der Waals surface area contributed by atoms with Gasteiger partial charge in [0.1, 0.15) is 0 Å². The van der Waals surface area contributed by atoms with Gasteiger partial charge >= 0.3 is 0 Å². The molecule has 2 rings (SSSR count). The average Bonchev–Trinajstić information content (AvgIpc) is 2.99. The zero-order valence-corrected chi connectivity index (χ0v) is 13.2. The summed E-state index contributed by atoms with van der Waals surface area (Å²) >= 11 is 0. The predicted molar refractivity (Wildman–Crippen MR) is 82.7 cm³/mol. The predicted octanol–water partition coefficient (Wildman–Crippen LogP) is 1.90. The molecule has 0 spiro atoms. The van der Waals surface area contributed by atoms with E-state index in [-0.39, 0.29) is 11.9 Å². The maximum Gasteiger partial charge on any atom is 0.237 e. The van der Waals surface area contributed by atoms with Crippen LogP contribution in [0.1, 0.15) is 58.8 Å². The summed E-state index contributed by atoms with van der Waals surface area (Å²) in [6.45, 7) is 7.56. The Morgan fingerprint density at radius 3 is 2.40 bits per heavy atom. The van der Waals surface area contributed by atoms with Gasteiger partial charge in [0.15, 0.2) is 0 Å². The van der Waals surface area contributed by atoms with Crippen LogP contribution >= 0.6 is 0 Å². The van der Waals surface area contributed by atoms with Gasteiger partial charge in [-0.05, 0) is 52.6 Å². The highest BCUT2D eigenvalue weighted by molar-refractivity contribution is 5.81. The summed E-state index contributed by atoms with van der Waals surface area (Å²) in [5.41, 5.74) is 0. The Bertz CT molecular complexity index is 296. The summed E-state index contributed by atoms with van der Waals surface area (Å²) < 4.78 is 0. The quantitative estimate of drug-likeness (QED) is 0.781. The van der Waals surface area contributed by atoms with Gasteiger partial charge in [-0.3, -0.25) is 9.69 Å². The molecular weight excluding hydrogens is 250 g/mol. The Morgan fingerprint density at radius 1 is 1.10 bits per heavy atom. The van der Waals surface area contributed by atoms with Crippen LogP contribution in [0, 0.1) is 0 Å². The molecule has 1 amide bonds. The van der Waals surface area contributed by atoms with Gasteiger partial charge in [-0.2, -0.15) is 0 Å². The number of nitrogens with zero attached hydrogens (tertiary/aromatic N) is 1. The number of nitrogens with one attached hydrogen (secondary N) is 2. The van der Waals surface area contributed by atoms with Gasteiger partial charge in [-0.15, -0.1) is 0 Å². The highest BCUT2D eigenvalue weighted by Gasteiger charge is 2.22. The molecule has 2 atom stereocenters. The third-order valence-corrected chi connectivity index (χ3v) is 4.83. The second kappa shape index (κ2) is 7.99. The summed E-state index contributed by atoms with van der Waals surface area (Å²) in [6, 6.07) is 0.862. The van der Waals surface area contributed by atoms with Gasteiger partial charge in [0.2, 0.25) is 5.91 Å². The van der Waals surface area contributed by atoms with Crippen molar-refractivity contribution in [2.45, 2.75) is 76.9 Å². The van der Waals surface area contributed by atoms with Crippen LogP contribution < -0.4 is 10.6 Å². The Morgan fingerprint density at radius 2 is 1.75 bits per heavy atom. The lowest BCUT2D eigenvalue weighted by Gasteiger charge is -2.27. The Hall–Kier alpha value is -0.610. The van der Waals surface area contributed by atoms with Crippen LogP contribution in [0.15, 0.2) is 0 Å². The molecule has 1 aliphatic heterocycles. The largest absolute Gasteiger partial charge is 0.352 e. The first-order valence-electron chi connectivity index (χ1n) is 8.44. The first-order valence-corrected chi connectivity index (χ1v) is 8.44. The molecule has 0 aromatic rings. The lowest BCUT2D eigenvalue weighted by atomic mass is 9.95. The Balaban J connectivity index is 1.65. The van der Waals surface area contributed by atoms with Crippen LogP contribution in [0.5, 0.6) is 0 Å². The van der Waals surface area contributed by atoms with Crippen LogP contribution in [0.4, 0.5) is 0 Å². The van der Waals surface area contributed by atoms with E-state index in [1.807, 2.05) is 6.92 Å². The van der Waals surface area contributed by atoms with E-state index in [1.54, 1.807) is 0 Å². The van der Waals surface area contributed by atoms with E-state index in [2.05, 4.69) is 22.5 Å². The van der Waals surface area contributed by atoms with Gasteiger partial charge in [0.25, 0.3) is 0 Å². The maximum atomic E-state index is 12.2. The number of carbonyl (C=O) groups excluding carboxylic acids is 1. The molecule has 0 bridgehead atoms. The van der Waals surface area contributed by atoms with Crippen LogP contribution in [0.25, 0.3) is 0 Å². The van der Waals surface area contributed by atoms with Crippen LogP contribution in [-0.4, -0.2) is 48.6 Å². The smallest absolute Gasteiger partial charge is 0.237 e. The van der Waals surface area contributed by atoms with Crippen LogP contribution in [0.3, 0.4) is 0 Å². The van der Waals surface area contributed by atoms with E-state index >= 15 is 0 Å². The third kappa shape index (κ3) is 4.74. The number of hydrogen-bond donors (Lipinski definition) is 2. The van der Waals surface area contributed by atoms with Gasteiger partial charge in [-0.1, -0.05) is 19.3 Å². The average molecular weight is 281 g/mol. The lowest BCUT2D eigenvalue weighted by Crippen LogP contribution is -2.49. The van der Waals surface area contributed by atoms with Crippen molar-refractivity contribution in [3.63, 3.8) is 0 Å². The van der Waals surface area contributed by atoms with E-state index in [0.717, 1.165) is 19.4 Å². The van der Waals surface area contributed by atoms with Crippen molar-refractivity contribution in [1.82, 2.24) is 15.5 Å². The first kappa shape index (κ1) is 15.8. The van der Waals surface area contributed by atoms with Crippen molar-refractivity contribution in [3.8, 4) is 0 Å². The van der Waals surface area contributed by atoms with Gasteiger partial charge in [0, 0.05) is 18.6 Å². The Kier molecular flexibility index (Phi) is 6.30. The molecule has 1 saturated heterocycles. The molecule has 2 aliphatic rings. The number of likely N-dealkylation sites (tertiary alicyclic amines) is 1. The van der Waals surface area contributed by atoms with Crippen molar-refractivity contribution in [3.05, 3.63) is 0 Å². The summed E-state index contributed by atoms with van der Waals surface area (Å²) in [7, 11) is 0. The van der Waals surface area contributed by atoms with Gasteiger partial charge < -0.3 is 10.6 Å². The molecule has 2 unspecified atom stereocenters. The second-order valence-electron chi connectivity index (χ2n) is 6.57. The molecule has 0 aromatic heterocycles. The molecule has 20 heavy (non-hydrogen) atoms. The molecule has 4 nitrogen and oxygen atoms in total. The molecule has 0 aromatic carbocycles. The van der Waals surface area contributed by atoms with Crippen LogP contribution in [-0.2, 0) is 4.79 Å². The summed E-state index contributed by atoms with van der Waals surface area (Å²) in [4.78, 5) is 14.7. The fourth-order valence-electron chi connectivity index (χ4n) is 3.32. The fourth-order valence-corrected chi connectivity index (χ4v) is 3.32. The number of hydrogen-bond acceptors (Lipinski definition) is 3. The van der Waals surface area contributed by atoms with E-state index in [1.165, 1.54) is 45.2 Å². The fraction of sp³-hybridized carbons (Fsp3) is 0.938. The molecule has 1 heterocycles. The van der Waals surface area contributed by atoms with E-state index in [4.69, 9.17) is 0 Å². The van der Waals surface area contributed by atoms with Crippen molar-refractivity contribution >= 4 is 5.91 Å². The van der Waals surface area contributed by atoms with Gasteiger partial charge in [0.05, 0.1) is 6.04 Å². The monoisotopic (exact) mass is 281 g/mol. The van der Waals surface area contributed by atoms with Crippen molar-refractivity contribution in [2.24, 2.45) is 0 Å². The van der Waals surface area contributed by atoms with Crippen molar-refractivity contribution < 1.29 is 4.79 Å². The molecule has 2 N–H and O–H groups in total. The molecule has 2 fully saturated rings. The molecule has 1 aliphatic carbocycles. The maximum absolute atomic E-state index is 12.2. The number of carbonyl (C=O) groups is 1. The minimum Gasteiger partial charge on any atom is -0.352 e. The summed E-state index contributed by atoms with van der Waals surface area (Å²) in [5, 5.41) is 6.59. The van der Waals surface area contributed by atoms with Crippen LogP contribution in [0.2, 0.25) is 0 Å². The molecule has 4 heteroatoms. The van der Waals surface area contributed by atoms with E-state index < -0.39 is 0 Å². The summed E-state index contributed by atoms with van der Waals surface area (Å²) in [5.74, 6) is 0.172. The Labute approximate surface area is 123 Å². The standard InChI is InChI=1S/C16H31N3O/c1-13(19-10-6-7-11-19)12-17-14(2)16(20)18-15-8-4-3-5-9-15/h13-15,17H,3-12H2,1-2H3,(H,18,20). The van der Waals surface area contributed by atoms with Crippen molar-refractivity contribution in [2.75, 3.05) is 19.6 Å². The molecule has 0 radical (unpaired) electrons. The third-order valence-electron chi connectivity index (χ3n) is 4.83. The molecule has 1 saturated carbocycles.